The molecule has 2 aromatic carbocycles. The molecular formula is C19H13ClN2O2. The second-order valence-corrected chi connectivity index (χ2v) is 5.32. The highest BCUT2D eigenvalue weighted by molar-refractivity contribution is 6.29. The number of carbonyl (C=O) groups is 1. The molecule has 0 saturated carbocycles. The largest absolute Gasteiger partial charge is 0.438 e. The van der Waals surface area contributed by atoms with E-state index < -0.39 is 0 Å². The third-order valence-electron chi connectivity index (χ3n) is 3.20. The van der Waals surface area contributed by atoms with Crippen molar-refractivity contribution in [3.8, 4) is 11.6 Å². The predicted molar refractivity (Wildman–Crippen MR) is 93.4 cm³/mol. The Kier molecular flexibility index (Phi) is 4.99. The van der Waals surface area contributed by atoms with Crippen LogP contribution >= 0.6 is 11.6 Å². The molecule has 0 saturated heterocycles. The van der Waals surface area contributed by atoms with Crippen LogP contribution in [0.2, 0.25) is 5.15 Å². The van der Waals surface area contributed by atoms with E-state index in [1.165, 1.54) is 0 Å². The van der Waals surface area contributed by atoms with E-state index in [4.69, 9.17) is 16.3 Å². The van der Waals surface area contributed by atoms with Gasteiger partial charge in [-0.25, -0.2) is 0 Å². The number of hydrogen-bond donors (Lipinski definition) is 0. The van der Waals surface area contributed by atoms with E-state index in [1.54, 1.807) is 48.6 Å². The Hall–Kier alpha value is -2.98. The molecule has 0 radical (unpaired) electrons. The fourth-order valence-electron chi connectivity index (χ4n) is 2.00. The minimum Gasteiger partial charge on any atom is -0.438 e. The maximum atomic E-state index is 12.0. The number of ketones is 1. The number of carbonyl (C=O) groups excluding carboxylic acids is 1. The van der Waals surface area contributed by atoms with Crippen LogP contribution in [0.15, 0.2) is 72.8 Å². The van der Waals surface area contributed by atoms with Crippen LogP contribution in [0.25, 0.3) is 6.08 Å². The predicted octanol–water partition coefficient (Wildman–Crippen LogP) is 4.82. The summed E-state index contributed by atoms with van der Waals surface area (Å²) in [7, 11) is 0. The van der Waals surface area contributed by atoms with Gasteiger partial charge in [-0.05, 0) is 29.8 Å². The Morgan fingerprint density at radius 3 is 2.33 bits per heavy atom. The molecule has 0 spiro atoms. The first-order valence-electron chi connectivity index (χ1n) is 7.25. The van der Waals surface area contributed by atoms with Gasteiger partial charge >= 0.3 is 0 Å². The highest BCUT2D eigenvalue weighted by atomic mass is 35.5. The van der Waals surface area contributed by atoms with Crippen LogP contribution in [-0.2, 0) is 0 Å². The van der Waals surface area contributed by atoms with Crippen molar-refractivity contribution in [1.29, 1.82) is 0 Å². The number of aromatic nitrogens is 2. The van der Waals surface area contributed by atoms with Crippen LogP contribution < -0.4 is 4.74 Å². The van der Waals surface area contributed by atoms with Gasteiger partial charge in [-0.15, -0.1) is 10.2 Å². The van der Waals surface area contributed by atoms with Gasteiger partial charge in [0.25, 0.3) is 0 Å². The molecule has 0 unspecified atom stereocenters. The lowest BCUT2D eigenvalue weighted by atomic mass is 10.1. The number of nitrogens with zero attached hydrogens (tertiary/aromatic N) is 2. The van der Waals surface area contributed by atoms with Gasteiger partial charge in [-0.1, -0.05) is 60.1 Å². The summed E-state index contributed by atoms with van der Waals surface area (Å²) in [5.74, 6) is 0.951. The lowest BCUT2D eigenvalue weighted by Gasteiger charge is -2.04. The van der Waals surface area contributed by atoms with Gasteiger partial charge in [0, 0.05) is 11.6 Å². The van der Waals surface area contributed by atoms with E-state index >= 15 is 0 Å². The third-order valence-corrected chi connectivity index (χ3v) is 3.40. The highest BCUT2D eigenvalue weighted by Crippen LogP contribution is 2.20. The molecule has 24 heavy (non-hydrogen) atoms. The zero-order chi connectivity index (χ0) is 16.8. The average molecular weight is 337 g/mol. The zero-order valence-corrected chi connectivity index (χ0v) is 13.4. The summed E-state index contributed by atoms with van der Waals surface area (Å²) in [6, 6.07) is 19.7. The number of ether oxygens (including phenoxy) is 1. The second-order valence-electron chi connectivity index (χ2n) is 4.93. The summed E-state index contributed by atoms with van der Waals surface area (Å²) < 4.78 is 5.56. The Balaban J connectivity index is 1.65. The molecule has 3 aromatic rings. The molecule has 0 amide bonds. The Morgan fingerprint density at radius 1 is 0.917 bits per heavy atom. The number of halogens is 1. The quantitative estimate of drug-likeness (QED) is 0.495. The summed E-state index contributed by atoms with van der Waals surface area (Å²) in [4.78, 5) is 12.0. The molecule has 1 aromatic heterocycles. The van der Waals surface area contributed by atoms with Crippen LogP contribution in [0.4, 0.5) is 0 Å². The Labute approximate surface area is 144 Å². The molecule has 118 valence electrons. The third kappa shape index (κ3) is 4.27. The molecule has 0 aliphatic carbocycles. The summed E-state index contributed by atoms with van der Waals surface area (Å²) >= 11 is 5.68. The molecule has 1 heterocycles. The van der Waals surface area contributed by atoms with E-state index in [2.05, 4.69) is 10.2 Å². The molecule has 4 nitrogen and oxygen atoms in total. The molecular weight excluding hydrogens is 324 g/mol. The van der Waals surface area contributed by atoms with Crippen molar-refractivity contribution in [2.45, 2.75) is 0 Å². The second kappa shape index (κ2) is 7.53. The lowest BCUT2D eigenvalue weighted by Crippen LogP contribution is -1.92. The van der Waals surface area contributed by atoms with Crippen molar-refractivity contribution < 1.29 is 9.53 Å². The fourth-order valence-corrected chi connectivity index (χ4v) is 2.10. The summed E-state index contributed by atoms with van der Waals surface area (Å²) in [5, 5.41) is 7.85. The normalized spacial score (nSPS) is 10.7. The molecule has 3 rings (SSSR count). The highest BCUT2D eigenvalue weighted by Gasteiger charge is 2.01. The number of hydrogen-bond acceptors (Lipinski definition) is 4. The summed E-state index contributed by atoms with van der Waals surface area (Å²) in [6.07, 6.45) is 3.32. The van der Waals surface area contributed by atoms with E-state index in [0.29, 0.717) is 22.3 Å². The van der Waals surface area contributed by atoms with Crippen molar-refractivity contribution in [3.05, 3.63) is 89.1 Å². The van der Waals surface area contributed by atoms with Crippen LogP contribution in [0.5, 0.6) is 11.6 Å². The molecule has 0 aliphatic heterocycles. The topological polar surface area (TPSA) is 52.1 Å². The number of rotatable bonds is 5. The Bertz CT molecular complexity index is 845. The lowest BCUT2D eigenvalue weighted by molar-refractivity contribution is 0.104. The summed E-state index contributed by atoms with van der Waals surface area (Å²) in [5.41, 5.74) is 1.56. The molecule has 0 atom stereocenters. The van der Waals surface area contributed by atoms with Crippen LogP contribution in [0, 0.1) is 0 Å². The monoisotopic (exact) mass is 336 g/mol. The number of allylic oxidation sites excluding steroid dienone is 1. The van der Waals surface area contributed by atoms with E-state index in [9.17, 15) is 4.79 Å². The van der Waals surface area contributed by atoms with Gasteiger partial charge in [-0.2, -0.15) is 0 Å². The maximum absolute atomic E-state index is 12.0. The van der Waals surface area contributed by atoms with E-state index in [1.807, 2.05) is 30.3 Å². The molecule has 0 N–H and O–H groups in total. The van der Waals surface area contributed by atoms with Crippen molar-refractivity contribution in [1.82, 2.24) is 10.2 Å². The minimum absolute atomic E-state index is 0.0348. The van der Waals surface area contributed by atoms with Crippen molar-refractivity contribution in [2.24, 2.45) is 0 Å². The fraction of sp³-hybridized carbons (Fsp3) is 0. The molecule has 0 aliphatic rings. The van der Waals surface area contributed by atoms with Gasteiger partial charge in [0.15, 0.2) is 10.9 Å². The van der Waals surface area contributed by atoms with E-state index in [0.717, 1.165) is 5.56 Å². The van der Waals surface area contributed by atoms with E-state index in [-0.39, 0.29) is 5.78 Å². The summed E-state index contributed by atoms with van der Waals surface area (Å²) in [6.45, 7) is 0. The molecule has 0 bridgehead atoms. The number of benzene rings is 2. The first-order valence-corrected chi connectivity index (χ1v) is 7.63. The van der Waals surface area contributed by atoms with Crippen LogP contribution in [0.3, 0.4) is 0 Å². The van der Waals surface area contributed by atoms with Gasteiger partial charge in [0.1, 0.15) is 5.75 Å². The van der Waals surface area contributed by atoms with Crippen molar-refractivity contribution >= 4 is 23.5 Å². The average Bonchev–Trinajstić information content (AvgIpc) is 2.63. The first-order chi connectivity index (χ1) is 11.7. The zero-order valence-electron chi connectivity index (χ0n) is 12.6. The molecule has 0 fully saturated rings. The van der Waals surface area contributed by atoms with Crippen LogP contribution in [-0.4, -0.2) is 16.0 Å². The van der Waals surface area contributed by atoms with Gasteiger partial charge in [-0.3, -0.25) is 4.79 Å². The van der Waals surface area contributed by atoms with Crippen LogP contribution in [0.1, 0.15) is 15.9 Å². The van der Waals surface area contributed by atoms with Crippen molar-refractivity contribution in [2.75, 3.05) is 0 Å². The minimum atomic E-state index is -0.0348. The SMILES string of the molecule is O=C(/C=C/c1ccc(Oc2ccc(Cl)nn2)cc1)c1ccccc1. The Morgan fingerprint density at radius 2 is 1.67 bits per heavy atom. The maximum Gasteiger partial charge on any atom is 0.238 e. The first kappa shape index (κ1) is 15.9. The standard InChI is InChI=1S/C19H13ClN2O2/c20-18-12-13-19(22-21-18)24-16-9-6-14(7-10-16)8-11-17(23)15-4-2-1-3-5-15/h1-13H/b11-8+. The van der Waals surface area contributed by atoms with Gasteiger partial charge < -0.3 is 4.74 Å². The van der Waals surface area contributed by atoms with Crippen molar-refractivity contribution in [3.63, 3.8) is 0 Å². The van der Waals surface area contributed by atoms with Gasteiger partial charge in [0.2, 0.25) is 5.88 Å². The molecule has 5 heteroatoms. The smallest absolute Gasteiger partial charge is 0.238 e. The van der Waals surface area contributed by atoms with Gasteiger partial charge in [0.05, 0.1) is 0 Å².